The van der Waals surface area contributed by atoms with Crippen LogP contribution in [0.5, 0.6) is 5.75 Å². The molecule has 2 fully saturated rings. The van der Waals surface area contributed by atoms with Crippen LogP contribution in [0.1, 0.15) is 30.9 Å². The first-order valence-electron chi connectivity index (χ1n) is 8.52. The van der Waals surface area contributed by atoms with Gasteiger partial charge >= 0.3 is 0 Å². The molecular formula is C18H26N2O3. The fourth-order valence-corrected chi connectivity index (χ4v) is 3.60. The zero-order valence-electron chi connectivity index (χ0n) is 13.9. The van der Waals surface area contributed by atoms with Crippen molar-refractivity contribution in [2.24, 2.45) is 0 Å². The Morgan fingerprint density at radius 3 is 2.83 bits per heavy atom. The average molecular weight is 318 g/mol. The molecule has 0 spiro atoms. The molecule has 1 atom stereocenters. The summed E-state index contributed by atoms with van der Waals surface area (Å²) in [6, 6.07) is 8.59. The molecule has 2 saturated heterocycles. The summed E-state index contributed by atoms with van der Waals surface area (Å²) < 4.78 is 10.8. The molecule has 1 aromatic rings. The Hall–Kier alpha value is -1.59. The van der Waals surface area contributed by atoms with E-state index in [1.54, 1.807) is 7.11 Å². The van der Waals surface area contributed by atoms with Gasteiger partial charge in [-0.15, -0.1) is 0 Å². The zero-order chi connectivity index (χ0) is 16.1. The van der Waals surface area contributed by atoms with Crippen molar-refractivity contribution in [2.45, 2.75) is 25.3 Å². The number of methoxy groups -OCH3 is 1. The van der Waals surface area contributed by atoms with E-state index in [2.05, 4.69) is 17.0 Å². The Balaban J connectivity index is 1.59. The van der Waals surface area contributed by atoms with Crippen LogP contribution < -0.4 is 4.74 Å². The summed E-state index contributed by atoms with van der Waals surface area (Å²) in [6.07, 6.45) is 2.90. The lowest BCUT2D eigenvalue weighted by atomic mass is 10.0. The second-order valence-electron chi connectivity index (χ2n) is 6.18. The van der Waals surface area contributed by atoms with Crippen molar-refractivity contribution in [3.63, 3.8) is 0 Å². The molecule has 5 nitrogen and oxygen atoms in total. The summed E-state index contributed by atoms with van der Waals surface area (Å²) in [7, 11) is 1.72. The Labute approximate surface area is 138 Å². The molecule has 3 rings (SSSR count). The fraction of sp³-hybridized carbons (Fsp3) is 0.611. The normalized spacial score (nSPS) is 22.3. The number of amides is 1. The SMILES string of the molecule is COc1ccccc1[C@@H]1CCCN1CCC(=O)N1CCOCC1. The van der Waals surface area contributed by atoms with E-state index in [0.717, 1.165) is 38.3 Å². The molecule has 2 aliphatic rings. The minimum absolute atomic E-state index is 0.249. The minimum atomic E-state index is 0.249. The van der Waals surface area contributed by atoms with Crippen molar-refractivity contribution in [2.75, 3.05) is 46.5 Å². The van der Waals surface area contributed by atoms with Gasteiger partial charge < -0.3 is 14.4 Å². The first-order valence-corrected chi connectivity index (χ1v) is 8.52. The second-order valence-corrected chi connectivity index (χ2v) is 6.18. The molecule has 2 aliphatic heterocycles. The number of morpholine rings is 1. The summed E-state index contributed by atoms with van der Waals surface area (Å²) in [5, 5.41) is 0. The average Bonchev–Trinajstić information content (AvgIpc) is 3.08. The molecule has 0 unspecified atom stereocenters. The lowest BCUT2D eigenvalue weighted by molar-refractivity contribution is -0.135. The number of rotatable bonds is 5. The monoisotopic (exact) mass is 318 g/mol. The van der Waals surface area contributed by atoms with Crippen molar-refractivity contribution in [1.29, 1.82) is 0 Å². The number of nitrogens with zero attached hydrogens (tertiary/aromatic N) is 2. The summed E-state index contributed by atoms with van der Waals surface area (Å²) in [5.41, 5.74) is 1.24. The van der Waals surface area contributed by atoms with Gasteiger partial charge in [0, 0.05) is 37.7 Å². The highest BCUT2D eigenvalue weighted by molar-refractivity contribution is 5.76. The van der Waals surface area contributed by atoms with E-state index in [1.165, 1.54) is 12.0 Å². The van der Waals surface area contributed by atoms with Crippen molar-refractivity contribution < 1.29 is 14.3 Å². The van der Waals surface area contributed by atoms with Gasteiger partial charge in [0.1, 0.15) is 5.75 Å². The van der Waals surface area contributed by atoms with Crippen molar-refractivity contribution >= 4 is 5.91 Å². The first-order chi connectivity index (χ1) is 11.3. The van der Waals surface area contributed by atoms with Crippen LogP contribution in [0.2, 0.25) is 0 Å². The van der Waals surface area contributed by atoms with Gasteiger partial charge in [-0.05, 0) is 25.5 Å². The lowest BCUT2D eigenvalue weighted by Crippen LogP contribution is -2.42. The number of carbonyl (C=O) groups excluding carboxylic acids is 1. The summed E-state index contributed by atoms with van der Waals surface area (Å²) >= 11 is 0. The third kappa shape index (κ3) is 3.85. The molecule has 0 aliphatic carbocycles. The molecule has 5 heteroatoms. The van der Waals surface area contributed by atoms with Crippen LogP contribution in [0, 0.1) is 0 Å². The van der Waals surface area contributed by atoms with Crippen LogP contribution in [0.25, 0.3) is 0 Å². The maximum absolute atomic E-state index is 12.3. The number of carbonyl (C=O) groups is 1. The van der Waals surface area contributed by atoms with Gasteiger partial charge in [-0.3, -0.25) is 9.69 Å². The molecule has 0 N–H and O–H groups in total. The van der Waals surface area contributed by atoms with Crippen molar-refractivity contribution in [3.05, 3.63) is 29.8 Å². The van der Waals surface area contributed by atoms with Crippen LogP contribution >= 0.6 is 0 Å². The Morgan fingerprint density at radius 1 is 1.26 bits per heavy atom. The van der Waals surface area contributed by atoms with E-state index in [-0.39, 0.29) is 5.91 Å². The lowest BCUT2D eigenvalue weighted by Gasteiger charge is -2.29. The van der Waals surface area contributed by atoms with Crippen molar-refractivity contribution in [3.8, 4) is 5.75 Å². The topological polar surface area (TPSA) is 42.0 Å². The number of hydrogen-bond acceptors (Lipinski definition) is 4. The Kier molecular flexibility index (Phi) is 5.51. The van der Waals surface area contributed by atoms with Gasteiger partial charge in [-0.1, -0.05) is 18.2 Å². The highest BCUT2D eigenvalue weighted by atomic mass is 16.5. The van der Waals surface area contributed by atoms with Gasteiger partial charge in [0.15, 0.2) is 0 Å². The quantitative estimate of drug-likeness (QED) is 0.833. The number of benzene rings is 1. The molecule has 1 aromatic carbocycles. The molecule has 0 bridgehead atoms. The van der Waals surface area contributed by atoms with E-state index in [1.807, 2.05) is 17.0 Å². The fourth-order valence-electron chi connectivity index (χ4n) is 3.60. The number of para-hydroxylation sites is 1. The van der Waals surface area contributed by atoms with Crippen LogP contribution in [-0.4, -0.2) is 62.2 Å². The van der Waals surface area contributed by atoms with E-state index in [4.69, 9.17) is 9.47 Å². The first kappa shape index (κ1) is 16.3. The number of hydrogen-bond donors (Lipinski definition) is 0. The summed E-state index contributed by atoms with van der Waals surface area (Å²) in [6.45, 7) is 4.67. The van der Waals surface area contributed by atoms with Crippen molar-refractivity contribution in [1.82, 2.24) is 9.80 Å². The van der Waals surface area contributed by atoms with Gasteiger partial charge in [0.05, 0.1) is 20.3 Å². The third-order valence-corrected chi connectivity index (χ3v) is 4.84. The van der Waals surface area contributed by atoms with E-state index >= 15 is 0 Å². The van der Waals surface area contributed by atoms with E-state index in [0.29, 0.717) is 25.7 Å². The molecule has 0 radical (unpaired) electrons. The smallest absolute Gasteiger partial charge is 0.224 e. The van der Waals surface area contributed by atoms with Crippen LogP contribution in [0.4, 0.5) is 0 Å². The van der Waals surface area contributed by atoms with Crippen LogP contribution in [0.15, 0.2) is 24.3 Å². The Morgan fingerprint density at radius 2 is 2.04 bits per heavy atom. The molecular weight excluding hydrogens is 292 g/mol. The predicted molar refractivity (Wildman–Crippen MR) is 88.6 cm³/mol. The largest absolute Gasteiger partial charge is 0.496 e. The number of likely N-dealkylation sites (tertiary alicyclic amines) is 1. The molecule has 23 heavy (non-hydrogen) atoms. The molecule has 0 aromatic heterocycles. The van der Waals surface area contributed by atoms with Crippen LogP contribution in [0.3, 0.4) is 0 Å². The molecule has 2 heterocycles. The second kappa shape index (κ2) is 7.79. The zero-order valence-corrected chi connectivity index (χ0v) is 13.9. The summed E-state index contributed by atoms with van der Waals surface area (Å²) in [5.74, 6) is 1.20. The Bertz CT molecular complexity index is 529. The van der Waals surface area contributed by atoms with Gasteiger partial charge in [-0.2, -0.15) is 0 Å². The predicted octanol–water partition coefficient (Wildman–Crippen LogP) is 2.08. The molecule has 1 amide bonds. The van der Waals surface area contributed by atoms with Gasteiger partial charge in [-0.25, -0.2) is 0 Å². The molecule has 0 saturated carbocycles. The van der Waals surface area contributed by atoms with Gasteiger partial charge in [0.25, 0.3) is 0 Å². The van der Waals surface area contributed by atoms with E-state index in [9.17, 15) is 4.79 Å². The molecule has 126 valence electrons. The highest BCUT2D eigenvalue weighted by Crippen LogP contribution is 2.36. The van der Waals surface area contributed by atoms with Crippen LogP contribution in [-0.2, 0) is 9.53 Å². The van der Waals surface area contributed by atoms with Gasteiger partial charge in [0.2, 0.25) is 5.91 Å². The third-order valence-electron chi connectivity index (χ3n) is 4.84. The number of ether oxygens (including phenoxy) is 2. The highest BCUT2D eigenvalue weighted by Gasteiger charge is 2.28. The minimum Gasteiger partial charge on any atom is -0.496 e. The standard InChI is InChI=1S/C18H26N2O3/c1-22-17-7-3-2-5-15(17)16-6-4-9-19(16)10-8-18(21)20-11-13-23-14-12-20/h2-3,5,7,16H,4,6,8-14H2,1H3/t16-/m0/s1. The maximum atomic E-state index is 12.3. The van der Waals surface area contributed by atoms with E-state index < -0.39 is 0 Å². The maximum Gasteiger partial charge on any atom is 0.224 e. The summed E-state index contributed by atoms with van der Waals surface area (Å²) in [4.78, 5) is 16.7.